The van der Waals surface area contributed by atoms with Gasteiger partial charge < -0.3 is 14.6 Å². The molecule has 0 aromatic heterocycles. The Hall–Kier alpha value is -2.04. The minimum atomic E-state index is -0.684. The molecule has 5 heteroatoms. The van der Waals surface area contributed by atoms with Crippen LogP contribution < -0.4 is 0 Å². The monoisotopic (exact) mass is 236 g/mol. The number of ether oxygens (including phenoxy) is 2. The second kappa shape index (κ2) is 4.08. The number of aromatic hydroxyl groups is 1. The van der Waals surface area contributed by atoms with E-state index in [1.807, 2.05) is 0 Å². The molecule has 1 N–H and O–H groups in total. The Labute approximate surface area is 98.0 Å². The van der Waals surface area contributed by atoms with E-state index in [1.165, 1.54) is 13.2 Å². The Balaban J connectivity index is 2.55. The summed E-state index contributed by atoms with van der Waals surface area (Å²) in [5, 5.41) is 9.89. The van der Waals surface area contributed by atoms with Crippen LogP contribution in [-0.4, -0.2) is 30.3 Å². The fourth-order valence-electron chi connectivity index (χ4n) is 1.90. The normalized spacial score (nSPS) is 18.2. The van der Waals surface area contributed by atoms with Crippen LogP contribution in [0.1, 0.15) is 33.2 Å². The van der Waals surface area contributed by atoms with Gasteiger partial charge in [0.25, 0.3) is 0 Å². The van der Waals surface area contributed by atoms with Crippen LogP contribution >= 0.6 is 0 Å². The van der Waals surface area contributed by atoms with Crippen LogP contribution in [0.3, 0.4) is 0 Å². The number of rotatable bonds is 1. The number of methoxy groups -OCH3 is 1. The van der Waals surface area contributed by atoms with Crippen LogP contribution in [0.2, 0.25) is 0 Å². The Bertz CT molecular complexity index is 492. The molecule has 0 amide bonds. The van der Waals surface area contributed by atoms with E-state index in [0.717, 1.165) is 0 Å². The maximum absolute atomic E-state index is 11.6. The van der Waals surface area contributed by atoms with Crippen LogP contribution in [0.15, 0.2) is 12.1 Å². The van der Waals surface area contributed by atoms with Gasteiger partial charge >= 0.3 is 11.9 Å². The molecule has 17 heavy (non-hydrogen) atoms. The minimum Gasteiger partial charge on any atom is -0.506 e. The molecule has 1 aliphatic heterocycles. The van der Waals surface area contributed by atoms with E-state index < -0.39 is 11.9 Å². The van der Waals surface area contributed by atoms with Crippen molar-refractivity contribution in [2.24, 2.45) is 0 Å². The number of phenolic OH excluding ortho intramolecular Hbond substituents is 1. The summed E-state index contributed by atoms with van der Waals surface area (Å²) in [6.45, 7) is 1.77. The maximum atomic E-state index is 11.6. The lowest BCUT2D eigenvalue weighted by Gasteiger charge is -2.22. The van der Waals surface area contributed by atoms with Gasteiger partial charge in [-0.2, -0.15) is 0 Å². The predicted octanol–water partition coefficient (Wildman–Crippen LogP) is 1.28. The van der Waals surface area contributed by atoms with Gasteiger partial charge in [0.05, 0.1) is 7.11 Å². The van der Waals surface area contributed by atoms with Crippen LogP contribution in [0.5, 0.6) is 5.75 Å². The lowest BCUT2D eigenvalue weighted by molar-refractivity contribution is 0.0297. The van der Waals surface area contributed by atoms with Crippen molar-refractivity contribution in [3.8, 4) is 5.75 Å². The summed E-state index contributed by atoms with van der Waals surface area (Å²) in [5.74, 6) is -1.66. The molecule has 0 radical (unpaired) electrons. The second-order valence-corrected chi connectivity index (χ2v) is 3.91. The fourth-order valence-corrected chi connectivity index (χ4v) is 1.90. The predicted molar refractivity (Wildman–Crippen MR) is 58.0 cm³/mol. The van der Waals surface area contributed by atoms with Gasteiger partial charge in [-0.25, -0.2) is 9.59 Å². The molecule has 0 fully saturated rings. The molecule has 0 saturated heterocycles. The molecule has 0 spiro atoms. The van der Waals surface area contributed by atoms with Crippen molar-refractivity contribution >= 4 is 11.9 Å². The van der Waals surface area contributed by atoms with Crippen molar-refractivity contribution in [3.05, 3.63) is 28.8 Å². The molecule has 1 aromatic rings. The number of hydrogen-bond donors (Lipinski definition) is 1. The number of phenols is 1. The Morgan fingerprint density at radius 1 is 1.53 bits per heavy atom. The first-order valence-corrected chi connectivity index (χ1v) is 5.18. The first-order chi connectivity index (χ1) is 8.04. The average molecular weight is 236 g/mol. The summed E-state index contributed by atoms with van der Waals surface area (Å²) in [4.78, 5) is 23.0. The van der Waals surface area contributed by atoms with Gasteiger partial charge in [-0.3, -0.25) is 0 Å². The van der Waals surface area contributed by atoms with Crippen LogP contribution in [0.4, 0.5) is 0 Å². The topological polar surface area (TPSA) is 72.8 Å². The zero-order valence-electron chi connectivity index (χ0n) is 9.52. The van der Waals surface area contributed by atoms with Gasteiger partial charge in [-0.1, -0.05) is 6.07 Å². The largest absolute Gasteiger partial charge is 0.506 e. The van der Waals surface area contributed by atoms with Gasteiger partial charge in [-0.15, -0.1) is 0 Å². The van der Waals surface area contributed by atoms with Gasteiger partial charge in [0, 0.05) is 6.42 Å². The molecule has 2 rings (SSSR count). The molecule has 1 atom stereocenters. The SMILES string of the molecule is COC(=O)c1ccc2c(c1O)C(=O)OC(C)C2. The molecule has 1 heterocycles. The van der Waals surface area contributed by atoms with E-state index in [1.54, 1.807) is 13.0 Å². The summed E-state index contributed by atoms with van der Waals surface area (Å²) in [7, 11) is 1.21. The van der Waals surface area contributed by atoms with Crippen LogP contribution in [-0.2, 0) is 15.9 Å². The van der Waals surface area contributed by atoms with Gasteiger partial charge in [-0.05, 0) is 18.6 Å². The first kappa shape index (κ1) is 11.4. The van der Waals surface area contributed by atoms with Gasteiger partial charge in [0.15, 0.2) is 0 Å². The first-order valence-electron chi connectivity index (χ1n) is 5.18. The number of carbonyl (C=O) groups is 2. The summed E-state index contributed by atoms with van der Waals surface area (Å²) < 4.78 is 9.52. The standard InChI is InChI=1S/C12H12O5/c1-6-5-7-3-4-8(11(14)16-2)10(13)9(7)12(15)17-6/h3-4,6,13H,5H2,1-2H3. The Kier molecular flexibility index (Phi) is 2.75. The third-order valence-electron chi connectivity index (χ3n) is 2.69. The van der Waals surface area contributed by atoms with E-state index >= 15 is 0 Å². The van der Waals surface area contributed by atoms with E-state index in [2.05, 4.69) is 4.74 Å². The van der Waals surface area contributed by atoms with E-state index in [4.69, 9.17) is 4.74 Å². The quantitative estimate of drug-likeness (QED) is 0.743. The zero-order chi connectivity index (χ0) is 12.6. The fraction of sp³-hybridized carbons (Fsp3) is 0.333. The smallest absolute Gasteiger partial charge is 0.342 e. The van der Waals surface area contributed by atoms with E-state index in [9.17, 15) is 14.7 Å². The molecule has 1 unspecified atom stereocenters. The highest BCUT2D eigenvalue weighted by molar-refractivity contribution is 6.01. The molecule has 0 aliphatic carbocycles. The summed E-state index contributed by atoms with van der Waals surface area (Å²) in [6, 6.07) is 3.09. The molecule has 90 valence electrons. The molecule has 1 aliphatic rings. The Morgan fingerprint density at radius 3 is 2.88 bits per heavy atom. The van der Waals surface area contributed by atoms with Gasteiger partial charge in [0.1, 0.15) is 23.0 Å². The summed E-state index contributed by atoms with van der Waals surface area (Å²) in [5.41, 5.74) is 0.711. The maximum Gasteiger partial charge on any atom is 0.342 e. The van der Waals surface area contributed by atoms with Crippen molar-refractivity contribution in [3.63, 3.8) is 0 Å². The van der Waals surface area contributed by atoms with Crippen LogP contribution in [0, 0.1) is 0 Å². The van der Waals surface area contributed by atoms with Crippen molar-refractivity contribution in [2.75, 3.05) is 7.11 Å². The Morgan fingerprint density at radius 2 is 2.24 bits per heavy atom. The highest BCUT2D eigenvalue weighted by atomic mass is 16.5. The van der Waals surface area contributed by atoms with Crippen molar-refractivity contribution in [2.45, 2.75) is 19.4 Å². The number of benzene rings is 1. The summed E-state index contributed by atoms with van der Waals surface area (Å²) in [6.07, 6.45) is 0.300. The van der Waals surface area contributed by atoms with E-state index in [0.29, 0.717) is 12.0 Å². The highest BCUT2D eigenvalue weighted by Gasteiger charge is 2.29. The van der Waals surface area contributed by atoms with Crippen molar-refractivity contribution < 1.29 is 24.2 Å². The van der Waals surface area contributed by atoms with Gasteiger partial charge in [0.2, 0.25) is 0 Å². The lowest BCUT2D eigenvalue weighted by atomic mass is 9.96. The molecule has 5 nitrogen and oxygen atoms in total. The number of cyclic esters (lactones) is 1. The molecular formula is C12H12O5. The van der Waals surface area contributed by atoms with E-state index in [-0.39, 0.29) is 23.0 Å². The molecule has 0 bridgehead atoms. The number of fused-ring (bicyclic) bond motifs is 1. The summed E-state index contributed by atoms with van der Waals surface area (Å²) >= 11 is 0. The molecular weight excluding hydrogens is 224 g/mol. The second-order valence-electron chi connectivity index (χ2n) is 3.91. The highest BCUT2D eigenvalue weighted by Crippen LogP contribution is 2.31. The van der Waals surface area contributed by atoms with Crippen molar-refractivity contribution in [1.82, 2.24) is 0 Å². The lowest BCUT2D eigenvalue weighted by Crippen LogP contribution is -2.25. The number of carbonyl (C=O) groups excluding carboxylic acids is 2. The number of esters is 2. The van der Waals surface area contributed by atoms with Crippen molar-refractivity contribution in [1.29, 1.82) is 0 Å². The minimum absolute atomic E-state index is 0.0299. The third-order valence-corrected chi connectivity index (χ3v) is 2.69. The zero-order valence-corrected chi connectivity index (χ0v) is 9.52. The number of hydrogen-bond acceptors (Lipinski definition) is 5. The average Bonchev–Trinajstić information content (AvgIpc) is 2.27. The molecule has 0 saturated carbocycles. The third kappa shape index (κ3) is 1.84. The van der Waals surface area contributed by atoms with Crippen LogP contribution in [0.25, 0.3) is 0 Å². The molecule has 1 aromatic carbocycles.